The van der Waals surface area contributed by atoms with E-state index in [0.717, 1.165) is 0 Å². The van der Waals surface area contributed by atoms with E-state index in [1.54, 1.807) is 6.92 Å². The summed E-state index contributed by atoms with van der Waals surface area (Å²) >= 11 is 0. The van der Waals surface area contributed by atoms with Crippen LogP contribution in [0.5, 0.6) is 5.88 Å². The van der Waals surface area contributed by atoms with Crippen LogP contribution in [0.4, 0.5) is 5.95 Å². The number of phosphoric ester groups is 1. The van der Waals surface area contributed by atoms with Crippen molar-refractivity contribution >= 4 is 40.6 Å². The molecule has 2 unspecified atom stereocenters. The molecule has 2 aromatic rings. The number of hydrogen-bond donors (Lipinski definition) is 6. The van der Waals surface area contributed by atoms with Crippen LogP contribution in [0.1, 0.15) is 20.1 Å². The molecule has 2 fully saturated rings. The first-order valence-electron chi connectivity index (χ1n) is 9.92. The molecule has 2 saturated heterocycles. The first kappa shape index (κ1) is 27.5. The van der Waals surface area contributed by atoms with Crippen molar-refractivity contribution in [1.82, 2.24) is 19.5 Å². The number of ether oxygens (including phenoxy) is 3. The van der Waals surface area contributed by atoms with Crippen LogP contribution in [-0.4, -0.2) is 81.3 Å². The van der Waals surface area contributed by atoms with Crippen LogP contribution < -0.4 is 10.5 Å². The van der Waals surface area contributed by atoms with Gasteiger partial charge in [-0.05, 0) is 13.8 Å². The van der Waals surface area contributed by atoms with Gasteiger partial charge in [-0.2, -0.15) is 18.6 Å². The lowest BCUT2D eigenvalue weighted by Crippen LogP contribution is -2.45. The number of nitrogen functional groups attached to an aromatic ring is 1. The third-order valence-corrected chi connectivity index (χ3v) is 9.12. The van der Waals surface area contributed by atoms with Crippen LogP contribution in [0.2, 0.25) is 0 Å². The number of aliphatic hydroxyl groups excluding tert-OH is 1. The summed E-state index contributed by atoms with van der Waals surface area (Å²) in [6.07, 6.45) is -1.30. The van der Waals surface area contributed by atoms with Crippen LogP contribution >= 0.6 is 23.5 Å². The molecular formula is C14H22N5O14P3. The predicted molar refractivity (Wildman–Crippen MR) is 114 cm³/mol. The number of anilines is 1. The van der Waals surface area contributed by atoms with E-state index < -0.39 is 53.6 Å². The van der Waals surface area contributed by atoms with Crippen molar-refractivity contribution in [2.24, 2.45) is 0 Å². The van der Waals surface area contributed by atoms with Gasteiger partial charge in [0, 0.05) is 0 Å². The highest BCUT2D eigenvalue weighted by Crippen LogP contribution is 2.67. The number of aliphatic hydroxyl groups is 1. The zero-order valence-corrected chi connectivity index (χ0v) is 21.2. The summed E-state index contributed by atoms with van der Waals surface area (Å²) in [7, 11) is -16.8. The van der Waals surface area contributed by atoms with Gasteiger partial charge in [-0.15, -0.1) is 0 Å². The minimum Gasteiger partial charge on any atom is -0.476 e. The maximum atomic E-state index is 12.2. The Bertz CT molecular complexity index is 1320. The van der Waals surface area contributed by atoms with Gasteiger partial charge in [-0.3, -0.25) is 9.09 Å². The number of imidazole rings is 1. The topological polar surface area (TPSA) is 277 Å². The first-order valence-corrected chi connectivity index (χ1v) is 14.4. The van der Waals surface area contributed by atoms with Crippen molar-refractivity contribution in [3.8, 4) is 5.88 Å². The Morgan fingerprint density at radius 3 is 2.53 bits per heavy atom. The standard InChI is InChI=1S/C14H22N5O14P3/c1-3-28-9-7-8(17-12(15)18-9)19(6-16-7)11-13(2)10(20)14(31-11,4-29-13)5-30-35(24,25)33-36(26,27)32-34(21,22)23/h6,10-11,20H,3-5H2,1-2H3,(H,24,25)(H,26,27)(H2,15,17,18)(H2,21,22,23)/t10-,11+,13+,14+/m0/s1. The zero-order valence-electron chi connectivity index (χ0n) is 18.5. The Labute approximate surface area is 201 Å². The lowest BCUT2D eigenvalue weighted by molar-refractivity contribution is -0.210. The molecule has 2 aliphatic heterocycles. The molecule has 0 saturated carbocycles. The van der Waals surface area contributed by atoms with Gasteiger partial charge in [-0.25, -0.2) is 18.7 Å². The number of phosphoric acid groups is 3. The van der Waals surface area contributed by atoms with E-state index in [9.17, 15) is 28.6 Å². The molecule has 0 amide bonds. The van der Waals surface area contributed by atoms with Crippen LogP contribution in [0, 0.1) is 0 Å². The number of fused-ring (bicyclic) bond motifs is 3. The fraction of sp³-hybridized carbons (Fsp3) is 0.643. The van der Waals surface area contributed by atoms with Crippen LogP contribution in [0.25, 0.3) is 11.2 Å². The van der Waals surface area contributed by atoms with E-state index in [2.05, 4.69) is 23.6 Å². The average molecular weight is 577 g/mol. The molecule has 2 aromatic heterocycles. The Morgan fingerprint density at radius 2 is 1.89 bits per heavy atom. The monoisotopic (exact) mass is 577 g/mol. The van der Waals surface area contributed by atoms with Crippen molar-refractivity contribution in [3.63, 3.8) is 0 Å². The lowest BCUT2D eigenvalue weighted by atomic mass is 9.92. The third kappa shape index (κ3) is 5.08. The highest BCUT2D eigenvalue weighted by atomic mass is 31.3. The highest BCUT2D eigenvalue weighted by molar-refractivity contribution is 7.66. The molecule has 0 radical (unpaired) electrons. The van der Waals surface area contributed by atoms with Gasteiger partial charge < -0.3 is 44.6 Å². The zero-order chi connectivity index (χ0) is 26.7. The van der Waals surface area contributed by atoms with Gasteiger partial charge in [0.15, 0.2) is 17.4 Å². The average Bonchev–Trinajstić information content (AvgIpc) is 3.30. The van der Waals surface area contributed by atoms with Crippen molar-refractivity contribution in [3.05, 3.63) is 6.33 Å². The van der Waals surface area contributed by atoms with Gasteiger partial charge in [0.25, 0.3) is 0 Å². The van der Waals surface area contributed by atoms with E-state index in [1.165, 1.54) is 17.8 Å². The van der Waals surface area contributed by atoms with E-state index in [1.807, 2.05) is 0 Å². The Hall–Kier alpha value is -1.56. The molecular weight excluding hydrogens is 555 g/mol. The number of nitrogens with zero attached hydrogens (tertiary/aromatic N) is 4. The highest BCUT2D eigenvalue weighted by Gasteiger charge is 2.69. The van der Waals surface area contributed by atoms with Crippen molar-refractivity contribution in [1.29, 1.82) is 0 Å². The maximum absolute atomic E-state index is 12.2. The van der Waals surface area contributed by atoms with Gasteiger partial charge in [0.05, 0.1) is 26.1 Å². The molecule has 0 spiro atoms. The normalized spacial score (nSPS) is 31.4. The predicted octanol–water partition coefficient (Wildman–Crippen LogP) is -0.432. The molecule has 0 aliphatic carbocycles. The molecule has 202 valence electrons. The molecule has 0 aromatic carbocycles. The van der Waals surface area contributed by atoms with Gasteiger partial charge in [0.2, 0.25) is 11.8 Å². The number of nitrogens with two attached hydrogens (primary N) is 1. The second kappa shape index (κ2) is 9.03. The molecule has 7 N–H and O–H groups in total. The number of hydrogen-bond acceptors (Lipinski definition) is 14. The Balaban J connectivity index is 1.58. The van der Waals surface area contributed by atoms with E-state index in [0.29, 0.717) is 0 Å². The molecule has 2 aliphatic rings. The minimum absolute atomic E-state index is 0.107. The molecule has 19 nitrogen and oxygen atoms in total. The second-order valence-electron chi connectivity index (χ2n) is 7.92. The minimum atomic E-state index is -5.73. The van der Waals surface area contributed by atoms with Gasteiger partial charge in [-0.1, -0.05) is 0 Å². The summed E-state index contributed by atoms with van der Waals surface area (Å²) < 4.78 is 65.1. The summed E-state index contributed by atoms with van der Waals surface area (Å²) in [5.74, 6) is -0.0271. The summed E-state index contributed by atoms with van der Waals surface area (Å²) in [4.78, 5) is 48.7. The molecule has 36 heavy (non-hydrogen) atoms. The maximum Gasteiger partial charge on any atom is 0.490 e. The van der Waals surface area contributed by atoms with Crippen molar-refractivity contribution in [2.75, 3.05) is 25.6 Å². The first-order chi connectivity index (χ1) is 16.5. The third-order valence-electron chi connectivity index (χ3n) is 5.33. The molecule has 4 rings (SSSR count). The summed E-state index contributed by atoms with van der Waals surface area (Å²) in [5.41, 5.74) is 2.92. The van der Waals surface area contributed by atoms with Gasteiger partial charge in [0.1, 0.15) is 17.3 Å². The quantitative estimate of drug-likeness (QED) is 0.195. The molecule has 4 heterocycles. The van der Waals surface area contributed by atoms with Crippen molar-refractivity contribution < 1.29 is 65.7 Å². The Kier molecular flexibility index (Phi) is 6.89. The van der Waals surface area contributed by atoms with E-state index in [-0.39, 0.29) is 36.2 Å². The Morgan fingerprint density at radius 1 is 1.19 bits per heavy atom. The molecule has 22 heteroatoms. The summed E-state index contributed by atoms with van der Waals surface area (Å²) in [5, 5.41) is 11.0. The summed E-state index contributed by atoms with van der Waals surface area (Å²) in [6, 6.07) is 0. The lowest BCUT2D eigenvalue weighted by Gasteiger charge is -2.34. The fourth-order valence-electron chi connectivity index (χ4n) is 3.90. The fourth-order valence-corrected chi connectivity index (χ4v) is 6.98. The SMILES string of the molecule is CCOc1nc(N)nc2c1ncn2[C@@H]1O[C@@]2(COP(=O)(O)OP(=O)(O)OP(=O)(O)O)CO[C@]1(C)[C@@H]2O. The van der Waals surface area contributed by atoms with E-state index in [4.69, 9.17) is 34.3 Å². The number of rotatable bonds is 10. The van der Waals surface area contributed by atoms with Crippen molar-refractivity contribution in [2.45, 2.75) is 37.4 Å². The van der Waals surface area contributed by atoms with Crippen LogP contribution in [0.3, 0.4) is 0 Å². The van der Waals surface area contributed by atoms with E-state index >= 15 is 0 Å². The largest absolute Gasteiger partial charge is 0.490 e. The smallest absolute Gasteiger partial charge is 0.476 e. The van der Waals surface area contributed by atoms with Crippen LogP contribution in [-0.2, 0) is 36.3 Å². The molecule has 2 bridgehead atoms. The van der Waals surface area contributed by atoms with Gasteiger partial charge >= 0.3 is 23.5 Å². The summed E-state index contributed by atoms with van der Waals surface area (Å²) in [6.45, 7) is 2.22. The van der Waals surface area contributed by atoms with Crippen LogP contribution in [0.15, 0.2) is 6.33 Å². The number of aromatic nitrogens is 4. The second-order valence-corrected chi connectivity index (χ2v) is 12.3. The molecule has 6 atom stereocenters.